The highest BCUT2D eigenvalue weighted by atomic mass is 16.5. The van der Waals surface area contributed by atoms with Gasteiger partial charge in [0.1, 0.15) is 0 Å². The summed E-state index contributed by atoms with van der Waals surface area (Å²) in [6.07, 6.45) is 6.52. The van der Waals surface area contributed by atoms with Gasteiger partial charge in [0.2, 0.25) is 0 Å². The Bertz CT molecular complexity index is 157. The number of rotatable bonds is 10. The molecule has 0 heterocycles. The van der Waals surface area contributed by atoms with E-state index in [-0.39, 0.29) is 0 Å². The van der Waals surface area contributed by atoms with Crippen LogP contribution in [0, 0.1) is 11.3 Å². The number of ether oxygens (including phenoxy) is 1. The summed E-state index contributed by atoms with van der Waals surface area (Å²) in [6.45, 7) is 12.3. The molecular weight excluding hydrogens is 210 g/mol. The molecule has 0 amide bonds. The maximum absolute atomic E-state index is 5.26. The fourth-order valence-electron chi connectivity index (χ4n) is 2.10. The van der Waals surface area contributed by atoms with E-state index in [0.29, 0.717) is 5.41 Å². The third-order valence-electron chi connectivity index (χ3n) is 2.97. The van der Waals surface area contributed by atoms with Crippen molar-refractivity contribution in [2.24, 2.45) is 11.3 Å². The quantitative estimate of drug-likeness (QED) is 0.588. The lowest BCUT2D eigenvalue weighted by molar-refractivity contribution is 0.141. The number of hydrogen-bond acceptors (Lipinski definition) is 2. The van der Waals surface area contributed by atoms with Crippen molar-refractivity contribution < 1.29 is 4.74 Å². The van der Waals surface area contributed by atoms with Gasteiger partial charge in [0.25, 0.3) is 0 Å². The highest BCUT2D eigenvalue weighted by molar-refractivity contribution is 4.65. The van der Waals surface area contributed by atoms with E-state index in [4.69, 9.17) is 4.74 Å². The molecule has 0 aliphatic heterocycles. The first-order valence-corrected chi connectivity index (χ1v) is 7.19. The SMILES string of the molecule is CCC[C@H](CCCCNCC(C)(C)C)COC. The maximum Gasteiger partial charge on any atom is 0.0490 e. The summed E-state index contributed by atoms with van der Waals surface area (Å²) in [5.74, 6) is 0.771. The van der Waals surface area contributed by atoms with Crippen molar-refractivity contribution in [3.63, 3.8) is 0 Å². The molecule has 0 bridgehead atoms. The van der Waals surface area contributed by atoms with Gasteiger partial charge in [-0.3, -0.25) is 0 Å². The molecule has 2 heteroatoms. The van der Waals surface area contributed by atoms with Crippen LogP contribution in [0.25, 0.3) is 0 Å². The molecule has 0 aliphatic carbocycles. The predicted molar refractivity (Wildman–Crippen MR) is 76.4 cm³/mol. The lowest BCUT2D eigenvalue weighted by Gasteiger charge is -2.19. The van der Waals surface area contributed by atoms with Gasteiger partial charge < -0.3 is 10.1 Å². The Labute approximate surface area is 109 Å². The van der Waals surface area contributed by atoms with Crippen LogP contribution in [-0.4, -0.2) is 26.8 Å². The van der Waals surface area contributed by atoms with Gasteiger partial charge in [-0.05, 0) is 43.7 Å². The van der Waals surface area contributed by atoms with E-state index in [2.05, 4.69) is 33.0 Å². The first-order valence-electron chi connectivity index (χ1n) is 7.19. The fraction of sp³-hybridized carbons (Fsp3) is 1.00. The molecule has 0 fully saturated rings. The molecule has 1 atom stereocenters. The van der Waals surface area contributed by atoms with E-state index >= 15 is 0 Å². The minimum atomic E-state index is 0.404. The zero-order valence-electron chi connectivity index (χ0n) is 12.6. The van der Waals surface area contributed by atoms with Crippen LogP contribution in [-0.2, 0) is 4.74 Å². The molecule has 0 aromatic heterocycles. The summed E-state index contributed by atoms with van der Waals surface area (Å²) in [4.78, 5) is 0. The standard InChI is InChI=1S/C15H33NO/c1-6-9-14(12-17-5)10-7-8-11-16-13-15(2,3)4/h14,16H,6-13H2,1-5H3/t14-/m1/s1. The van der Waals surface area contributed by atoms with Crippen LogP contribution in [0.5, 0.6) is 0 Å². The monoisotopic (exact) mass is 243 g/mol. The number of methoxy groups -OCH3 is 1. The van der Waals surface area contributed by atoms with Gasteiger partial charge in [-0.1, -0.05) is 40.5 Å². The van der Waals surface area contributed by atoms with Crippen molar-refractivity contribution in [1.82, 2.24) is 5.32 Å². The van der Waals surface area contributed by atoms with Gasteiger partial charge in [0.05, 0.1) is 0 Å². The van der Waals surface area contributed by atoms with E-state index in [0.717, 1.165) is 25.6 Å². The third-order valence-corrected chi connectivity index (χ3v) is 2.97. The Morgan fingerprint density at radius 1 is 1.12 bits per heavy atom. The minimum Gasteiger partial charge on any atom is -0.384 e. The molecule has 0 saturated carbocycles. The zero-order valence-corrected chi connectivity index (χ0v) is 12.6. The van der Waals surface area contributed by atoms with Gasteiger partial charge >= 0.3 is 0 Å². The third kappa shape index (κ3) is 12.2. The van der Waals surface area contributed by atoms with Crippen molar-refractivity contribution >= 4 is 0 Å². The number of hydrogen-bond donors (Lipinski definition) is 1. The van der Waals surface area contributed by atoms with Crippen LogP contribution in [0.15, 0.2) is 0 Å². The molecule has 0 unspecified atom stereocenters. The molecule has 0 radical (unpaired) electrons. The molecule has 0 aromatic carbocycles. The Morgan fingerprint density at radius 3 is 2.35 bits per heavy atom. The van der Waals surface area contributed by atoms with E-state index in [1.54, 1.807) is 0 Å². The molecule has 2 nitrogen and oxygen atoms in total. The average Bonchev–Trinajstić information content (AvgIpc) is 2.22. The molecule has 0 saturated heterocycles. The summed E-state index contributed by atoms with van der Waals surface area (Å²) < 4.78 is 5.26. The van der Waals surface area contributed by atoms with Crippen LogP contribution in [0.3, 0.4) is 0 Å². The second kappa shape index (κ2) is 9.90. The molecule has 17 heavy (non-hydrogen) atoms. The van der Waals surface area contributed by atoms with E-state index in [9.17, 15) is 0 Å². The average molecular weight is 243 g/mol. The van der Waals surface area contributed by atoms with Crippen molar-refractivity contribution in [1.29, 1.82) is 0 Å². The normalized spacial score (nSPS) is 13.9. The van der Waals surface area contributed by atoms with Crippen molar-refractivity contribution in [3.05, 3.63) is 0 Å². The van der Waals surface area contributed by atoms with Crippen molar-refractivity contribution in [3.8, 4) is 0 Å². The topological polar surface area (TPSA) is 21.3 Å². The molecule has 104 valence electrons. The second-order valence-corrected chi connectivity index (χ2v) is 6.34. The van der Waals surface area contributed by atoms with Crippen LogP contribution in [0.1, 0.15) is 59.8 Å². The Balaban J connectivity index is 3.41. The van der Waals surface area contributed by atoms with Crippen LogP contribution < -0.4 is 5.32 Å². The van der Waals surface area contributed by atoms with Gasteiger partial charge in [0.15, 0.2) is 0 Å². The van der Waals surface area contributed by atoms with E-state index in [1.165, 1.54) is 32.1 Å². The molecule has 1 N–H and O–H groups in total. The summed E-state index contributed by atoms with van der Waals surface area (Å²) in [6, 6.07) is 0. The van der Waals surface area contributed by atoms with E-state index < -0.39 is 0 Å². The summed E-state index contributed by atoms with van der Waals surface area (Å²) in [5, 5.41) is 3.53. The fourth-order valence-corrected chi connectivity index (χ4v) is 2.10. The Hall–Kier alpha value is -0.0800. The number of nitrogens with one attached hydrogen (secondary N) is 1. The summed E-state index contributed by atoms with van der Waals surface area (Å²) in [7, 11) is 1.81. The maximum atomic E-state index is 5.26. The summed E-state index contributed by atoms with van der Waals surface area (Å²) >= 11 is 0. The molecular formula is C15H33NO. The molecule has 0 aromatic rings. The van der Waals surface area contributed by atoms with Gasteiger partial charge in [0, 0.05) is 13.7 Å². The lowest BCUT2D eigenvalue weighted by atomic mass is 9.96. The largest absolute Gasteiger partial charge is 0.384 e. The van der Waals surface area contributed by atoms with Crippen molar-refractivity contribution in [2.45, 2.75) is 59.8 Å². The van der Waals surface area contributed by atoms with Gasteiger partial charge in [-0.15, -0.1) is 0 Å². The number of unbranched alkanes of at least 4 members (excludes halogenated alkanes) is 1. The van der Waals surface area contributed by atoms with Crippen LogP contribution in [0.2, 0.25) is 0 Å². The van der Waals surface area contributed by atoms with Gasteiger partial charge in [-0.2, -0.15) is 0 Å². The van der Waals surface area contributed by atoms with E-state index in [1.807, 2.05) is 7.11 Å². The molecule has 0 aliphatic rings. The lowest BCUT2D eigenvalue weighted by Crippen LogP contribution is -2.27. The van der Waals surface area contributed by atoms with Crippen LogP contribution >= 0.6 is 0 Å². The molecule has 0 rings (SSSR count). The summed E-state index contributed by atoms with van der Waals surface area (Å²) in [5.41, 5.74) is 0.404. The Morgan fingerprint density at radius 2 is 1.82 bits per heavy atom. The predicted octanol–water partition coefficient (Wildman–Crippen LogP) is 3.86. The highest BCUT2D eigenvalue weighted by Gasteiger charge is 2.09. The minimum absolute atomic E-state index is 0.404. The second-order valence-electron chi connectivity index (χ2n) is 6.34. The zero-order chi connectivity index (χ0) is 13.1. The van der Waals surface area contributed by atoms with Crippen LogP contribution in [0.4, 0.5) is 0 Å². The van der Waals surface area contributed by atoms with Crippen molar-refractivity contribution in [2.75, 3.05) is 26.8 Å². The molecule has 0 spiro atoms. The first kappa shape index (κ1) is 16.9. The smallest absolute Gasteiger partial charge is 0.0490 e. The first-order chi connectivity index (χ1) is 7.99. The Kier molecular flexibility index (Phi) is 9.85. The van der Waals surface area contributed by atoms with Gasteiger partial charge in [-0.25, -0.2) is 0 Å². The highest BCUT2D eigenvalue weighted by Crippen LogP contribution is 2.15.